The predicted molar refractivity (Wildman–Crippen MR) is 56.2 cm³/mol. The SMILES string of the molecule is CN1CC(NC(=O)c2ncccc2F)C(=O)N1. The molecule has 1 aromatic heterocycles. The molecule has 0 aliphatic carbocycles. The second kappa shape index (κ2) is 4.46. The summed E-state index contributed by atoms with van der Waals surface area (Å²) in [5, 5.41) is 3.96. The molecule has 2 heterocycles. The molecule has 0 spiro atoms. The van der Waals surface area contributed by atoms with Crippen LogP contribution in [0.15, 0.2) is 18.3 Å². The summed E-state index contributed by atoms with van der Waals surface area (Å²) in [6, 6.07) is 1.85. The van der Waals surface area contributed by atoms with Crippen LogP contribution in [0.1, 0.15) is 10.5 Å². The summed E-state index contributed by atoms with van der Waals surface area (Å²) < 4.78 is 13.3. The van der Waals surface area contributed by atoms with Crippen molar-refractivity contribution < 1.29 is 14.0 Å². The van der Waals surface area contributed by atoms with Crippen molar-refractivity contribution in [3.8, 4) is 0 Å². The number of carbonyl (C=O) groups excluding carboxylic acids is 2. The number of amides is 2. The van der Waals surface area contributed by atoms with E-state index < -0.39 is 17.8 Å². The van der Waals surface area contributed by atoms with Crippen molar-refractivity contribution in [1.29, 1.82) is 0 Å². The number of likely N-dealkylation sites (N-methyl/N-ethyl adjacent to an activating group) is 1. The zero-order valence-electron chi connectivity index (χ0n) is 9.11. The van der Waals surface area contributed by atoms with Crippen LogP contribution in [0.4, 0.5) is 4.39 Å². The minimum absolute atomic E-state index is 0.310. The molecule has 2 N–H and O–H groups in total. The Balaban J connectivity index is 2.08. The van der Waals surface area contributed by atoms with E-state index in [-0.39, 0.29) is 11.6 Å². The largest absolute Gasteiger partial charge is 0.337 e. The van der Waals surface area contributed by atoms with E-state index in [2.05, 4.69) is 15.7 Å². The Morgan fingerprint density at radius 2 is 2.47 bits per heavy atom. The first kappa shape index (κ1) is 11.5. The van der Waals surface area contributed by atoms with Gasteiger partial charge in [-0.2, -0.15) is 0 Å². The molecule has 2 amide bonds. The van der Waals surface area contributed by atoms with Gasteiger partial charge < -0.3 is 5.32 Å². The molecule has 1 saturated heterocycles. The number of carbonyl (C=O) groups is 2. The molecule has 2 rings (SSSR count). The standard InChI is InChI=1S/C10H11FN4O2/c1-15-5-7(9(16)14-15)13-10(17)8-6(11)3-2-4-12-8/h2-4,7H,5H2,1H3,(H,13,17)(H,14,16). The van der Waals surface area contributed by atoms with Crippen molar-refractivity contribution in [1.82, 2.24) is 20.7 Å². The Kier molecular flexibility index (Phi) is 3.01. The van der Waals surface area contributed by atoms with Crippen LogP contribution < -0.4 is 10.7 Å². The van der Waals surface area contributed by atoms with Gasteiger partial charge in [-0.1, -0.05) is 0 Å². The number of rotatable bonds is 2. The number of hydrogen-bond donors (Lipinski definition) is 2. The summed E-state index contributed by atoms with van der Waals surface area (Å²) in [4.78, 5) is 26.6. The van der Waals surface area contributed by atoms with Gasteiger partial charge in [0, 0.05) is 19.8 Å². The predicted octanol–water partition coefficient (Wildman–Crippen LogP) is -0.704. The second-order valence-corrected chi connectivity index (χ2v) is 3.72. The number of nitrogens with one attached hydrogen (secondary N) is 2. The average Bonchev–Trinajstić information content (AvgIpc) is 2.58. The summed E-state index contributed by atoms with van der Waals surface area (Å²) in [5.41, 5.74) is 2.19. The highest BCUT2D eigenvalue weighted by atomic mass is 19.1. The Morgan fingerprint density at radius 1 is 1.71 bits per heavy atom. The van der Waals surface area contributed by atoms with Crippen molar-refractivity contribution in [2.24, 2.45) is 0 Å². The van der Waals surface area contributed by atoms with Gasteiger partial charge in [-0.05, 0) is 12.1 Å². The van der Waals surface area contributed by atoms with Gasteiger partial charge in [0.2, 0.25) is 0 Å². The number of pyridine rings is 1. The normalized spacial score (nSPS) is 20.1. The maximum atomic E-state index is 13.3. The molecule has 0 aromatic carbocycles. The van der Waals surface area contributed by atoms with Crippen LogP contribution in [0.3, 0.4) is 0 Å². The van der Waals surface area contributed by atoms with Crippen LogP contribution in [0.5, 0.6) is 0 Å². The third kappa shape index (κ3) is 2.39. The Morgan fingerprint density at radius 3 is 3.06 bits per heavy atom. The van der Waals surface area contributed by atoms with Crippen LogP contribution in [0.2, 0.25) is 0 Å². The van der Waals surface area contributed by atoms with Crippen molar-refractivity contribution in [3.05, 3.63) is 29.8 Å². The maximum Gasteiger partial charge on any atom is 0.273 e. The molecular formula is C10H11FN4O2. The van der Waals surface area contributed by atoms with E-state index in [1.807, 2.05) is 0 Å². The molecule has 1 fully saturated rings. The molecule has 0 radical (unpaired) electrons. The average molecular weight is 238 g/mol. The minimum Gasteiger partial charge on any atom is -0.337 e. The van der Waals surface area contributed by atoms with Gasteiger partial charge in [0.05, 0.1) is 0 Å². The van der Waals surface area contributed by atoms with E-state index in [1.54, 1.807) is 12.1 Å². The Labute approximate surface area is 96.8 Å². The number of aromatic nitrogens is 1. The fraction of sp³-hybridized carbons (Fsp3) is 0.300. The van der Waals surface area contributed by atoms with Crippen LogP contribution in [0, 0.1) is 5.82 Å². The number of nitrogens with zero attached hydrogens (tertiary/aromatic N) is 2. The third-order valence-corrected chi connectivity index (χ3v) is 2.35. The summed E-state index contributed by atoms with van der Waals surface area (Å²) in [7, 11) is 1.67. The molecule has 6 nitrogen and oxygen atoms in total. The lowest BCUT2D eigenvalue weighted by Gasteiger charge is -2.09. The van der Waals surface area contributed by atoms with E-state index in [0.717, 1.165) is 6.07 Å². The highest BCUT2D eigenvalue weighted by Crippen LogP contribution is 2.04. The van der Waals surface area contributed by atoms with E-state index in [9.17, 15) is 14.0 Å². The van der Waals surface area contributed by atoms with E-state index in [1.165, 1.54) is 12.3 Å². The van der Waals surface area contributed by atoms with Gasteiger partial charge >= 0.3 is 0 Å². The van der Waals surface area contributed by atoms with Crippen LogP contribution in [-0.4, -0.2) is 41.4 Å². The lowest BCUT2D eigenvalue weighted by atomic mass is 10.2. The smallest absolute Gasteiger partial charge is 0.273 e. The maximum absolute atomic E-state index is 13.3. The molecule has 17 heavy (non-hydrogen) atoms. The molecule has 1 atom stereocenters. The monoisotopic (exact) mass is 238 g/mol. The molecule has 1 aliphatic heterocycles. The van der Waals surface area contributed by atoms with E-state index >= 15 is 0 Å². The number of hydrogen-bond acceptors (Lipinski definition) is 4. The van der Waals surface area contributed by atoms with Crippen molar-refractivity contribution in [2.45, 2.75) is 6.04 Å². The summed E-state index contributed by atoms with van der Waals surface area (Å²) in [5.74, 6) is -1.73. The van der Waals surface area contributed by atoms with Crippen LogP contribution in [-0.2, 0) is 4.79 Å². The van der Waals surface area contributed by atoms with Gasteiger partial charge in [0.25, 0.3) is 11.8 Å². The topological polar surface area (TPSA) is 74.3 Å². The van der Waals surface area contributed by atoms with Crippen LogP contribution >= 0.6 is 0 Å². The van der Waals surface area contributed by atoms with Gasteiger partial charge in [-0.15, -0.1) is 0 Å². The first-order valence-electron chi connectivity index (χ1n) is 5.01. The number of hydrazine groups is 1. The lowest BCUT2D eigenvalue weighted by molar-refractivity contribution is -0.122. The van der Waals surface area contributed by atoms with E-state index in [0.29, 0.717) is 6.54 Å². The molecule has 90 valence electrons. The van der Waals surface area contributed by atoms with Crippen molar-refractivity contribution >= 4 is 11.8 Å². The molecule has 7 heteroatoms. The third-order valence-electron chi connectivity index (χ3n) is 2.35. The quantitative estimate of drug-likeness (QED) is 0.714. The molecule has 1 unspecified atom stereocenters. The molecule has 1 aliphatic rings. The molecule has 1 aromatic rings. The molecule has 0 saturated carbocycles. The summed E-state index contributed by atoms with van der Waals surface area (Å²) in [6.45, 7) is 0.332. The lowest BCUT2D eigenvalue weighted by Crippen LogP contribution is -2.42. The minimum atomic E-state index is -0.711. The Hall–Kier alpha value is -2.02. The zero-order chi connectivity index (χ0) is 12.4. The van der Waals surface area contributed by atoms with Gasteiger partial charge in [0.15, 0.2) is 11.5 Å². The van der Waals surface area contributed by atoms with Crippen LogP contribution in [0.25, 0.3) is 0 Å². The fourth-order valence-electron chi connectivity index (χ4n) is 1.56. The summed E-state index contributed by atoms with van der Waals surface area (Å²) in [6.07, 6.45) is 1.32. The zero-order valence-corrected chi connectivity index (χ0v) is 9.11. The van der Waals surface area contributed by atoms with Crippen molar-refractivity contribution in [2.75, 3.05) is 13.6 Å². The second-order valence-electron chi connectivity index (χ2n) is 3.72. The highest BCUT2D eigenvalue weighted by molar-refractivity contribution is 5.96. The van der Waals surface area contributed by atoms with Gasteiger partial charge in [-0.3, -0.25) is 15.0 Å². The summed E-state index contributed by atoms with van der Waals surface area (Å²) >= 11 is 0. The number of halogens is 1. The highest BCUT2D eigenvalue weighted by Gasteiger charge is 2.30. The molecular weight excluding hydrogens is 227 g/mol. The molecule has 0 bridgehead atoms. The van der Waals surface area contributed by atoms with Gasteiger partial charge in [0.1, 0.15) is 6.04 Å². The van der Waals surface area contributed by atoms with Gasteiger partial charge in [-0.25, -0.2) is 14.4 Å². The Bertz CT molecular complexity index is 465. The van der Waals surface area contributed by atoms with E-state index in [4.69, 9.17) is 0 Å². The van der Waals surface area contributed by atoms with Crippen molar-refractivity contribution in [3.63, 3.8) is 0 Å². The first-order valence-corrected chi connectivity index (χ1v) is 5.01. The first-order chi connectivity index (χ1) is 8.08. The fourth-order valence-corrected chi connectivity index (χ4v) is 1.56.